The first-order chi connectivity index (χ1) is 48.8. The summed E-state index contributed by atoms with van der Waals surface area (Å²) < 4.78 is 52.6. The smallest absolute Gasteiger partial charge is 0.133 e. The molecule has 4 atom stereocenters. The monoisotopic (exact) mass is 1390 g/mol. The molecule has 0 N–H and O–H groups in total. The van der Waals surface area contributed by atoms with Crippen LogP contribution in [0.4, 0.5) is 0 Å². The molecular formula is C88H92O8Si4. The summed E-state index contributed by atoms with van der Waals surface area (Å²) in [5.41, 5.74) is 8.92. The maximum absolute atomic E-state index is 7.96. The molecule has 0 heterocycles. The van der Waals surface area contributed by atoms with Crippen molar-refractivity contribution in [3.05, 3.63) is 348 Å². The maximum Gasteiger partial charge on any atom is 0.133 e. The predicted molar refractivity (Wildman–Crippen MR) is 424 cm³/mol. The molecule has 4 unspecified atom stereocenters. The van der Waals surface area contributed by atoms with Crippen molar-refractivity contribution >= 4 is 58.8 Å². The van der Waals surface area contributed by atoms with Gasteiger partial charge < -0.3 is 37.9 Å². The van der Waals surface area contributed by atoms with Crippen molar-refractivity contribution in [3.8, 4) is 57.5 Å². The molecule has 0 aromatic heterocycles. The number of hydrogen-bond donors (Lipinski definition) is 0. The van der Waals surface area contributed by atoms with Crippen LogP contribution in [0.2, 0.25) is 12.1 Å². The average Bonchev–Trinajstić information content (AvgIpc) is 0.751. The molecule has 0 aliphatic rings. The first-order valence-electron chi connectivity index (χ1n) is 35.0. The van der Waals surface area contributed by atoms with E-state index in [2.05, 4.69) is 211 Å². The van der Waals surface area contributed by atoms with Gasteiger partial charge in [-0.1, -0.05) is 227 Å². The minimum Gasteiger partial charge on any atom is -0.494 e. The summed E-state index contributed by atoms with van der Waals surface area (Å²) in [6, 6.07) is 107. The van der Waals surface area contributed by atoms with Crippen LogP contribution in [0.5, 0.6) is 57.5 Å². The lowest BCUT2D eigenvalue weighted by Crippen LogP contribution is -2.50. The molecule has 508 valence electrons. The van der Waals surface area contributed by atoms with Crippen molar-refractivity contribution in [2.45, 2.75) is 90.1 Å². The van der Waals surface area contributed by atoms with Gasteiger partial charge in [0.1, 0.15) is 57.5 Å². The zero-order valence-electron chi connectivity index (χ0n) is 58.9. The zero-order valence-corrected chi connectivity index (χ0v) is 64.6. The Kier molecular flexibility index (Phi) is 25.3. The SMILES string of the molecule is CCOc1ccc([SiH2]C(C)(OC(C)([SiH2]c2ccc(OCC)cc2)c2ccc(C)c(Oc3ccccc3)c2C)c2ccc(C)c(Oc3ccccc3)c2C)cc1.c1ccc(Oc2cccc(C(C[SiH2]c3ccccc3)OC(C[SiH2]c3ccccc3)c3cccc(Oc4ccccc4)c3)c2)cc1. The largest absolute Gasteiger partial charge is 0.494 e. The van der Waals surface area contributed by atoms with E-state index < -0.39 is 48.5 Å². The minimum atomic E-state index is -1.17. The fourth-order valence-corrected chi connectivity index (χ4v) is 21.2. The Morgan fingerprint density at radius 3 is 0.970 bits per heavy atom. The summed E-state index contributed by atoms with van der Waals surface area (Å²) >= 11 is 0. The molecule has 0 radical (unpaired) electrons. The molecule has 0 aliphatic heterocycles. The molecule has 12 aromatic rings. The van der Waals surface area contributed by atoms with Gasteiger partial charge in [0.15, 0.2) is 0 Å². The lowest BCUT2D eigenvalue weighted by atomic mass is 9.97. The number of hydrogen-bond acceptors (Lipinski definition) is 8. The van der Waals surface area contributed by atoms with Gasteiger partial charge in [-0.05, 0) is 209 Å². The van der Waals surface area contributed by atoms with E-state index >= 15 is 0 Å². The molecule has 12 aromatic carbocycles. The van der Waals surface area contributed by atoms with Gasteiger partial charge in [0.2, 0.25) is 0 Å². The summed E-state index contributed by atoms with van der Waals surface area (Å²) in [6.45, 7) is 18.5. The molecule has 100 heavy (non-hydrogen) atoms. The van der Waals surface area contributed by atoms with Gasteiger partial charge in [0, 0.05) is 0 Å². The van der Waals surface area contributed by atoms with Crippen LogP contribution in [-0.4, -0.2) is 51.3 Å². The second kappa shape index (κ2) is 35.3. The highest BCUT2D eigenvalue weighted by molar-refractivity contribution is 6.58. The van der Waals surface area contributed by atoms with Crippen LogP contribution < -0.4 is 49.2 Å². The second-order valence-corrected chi connectivity index (χ2v) is 34.6. The standard InChI is InChI=1S/C48H54O5Si2.C40H38O3Si2/c1-9-49-37-23-27-41(28-24-37)54-47(7,43-31-21-33(3)45(35(43)5)51-39-17-13-11-14-18-39)53-48(8,55-42-29-25-38(26-30-42)50-10-2)44-32-22-34(4)46(36(44)6)52-40-19-15-12-16-20-40;1-5-17-33(18-6-1)41-35-21-13-15-31(27-35)39(29-44-37-23-9-3-10-24-37)43-40(30-45-38-25-11-4-12-26-38)32-16-14-22-36(28-32)42-34-19-7-2-8-20-34/h11-32H,9-10,54-55H2,1-8H3;1-28,39-40H,29-30,44-45H2. The highest BCUT2D eigenvalue weighted by Gasteiger charge is 2.42. The van der Waals surface area contributed by atoms with E-state index in [0.29, 0.717) is 13.2 Å². The van der Waals surface area contributed by atoms with E-state index in [4.69, 9.17) is 37.9 Å². The summed E-state index contributed by atoms with van der Waals surface area (Å²) in [6.07, 6.45) is -0.130. The molecule has 0 aliphatic carbocycles. The molecule has 0 amide bonds. The minimum absolute atomic E-state index is 0.0651. The van der Waals surface area contributed by atoms with Gasteiger partial charge >= 0.3 is 0 Å². The average molecular weight is 1390 g/mol. The summed E-state index contributed by atoms with van der Waals surface area (Å²) in [7, 11) is -3.51. The quantitative estimate of drug-likeness (QED) is 0.0412. The van der Waals surface area contributed by atoms with Gasteiger partial charge in [0.05, 0.1) is 73.9 Å². The first kappa shape index (κ1) is 71.5. The molecule has 12 rings (SSSR count). The Balaban J connectivity index is 0.000000206. The lowest BCUT2D eigenvalue weighted by Gasteiger charge is -2.43. The fourth-order valence-electron chi connectivity index (χ4n) is 13.2. The zero-order chi connectivity index (χ0) is 69.5. The Hall–Kier alpha value is -9.77. The normalized spacial score (nSPS) is 13.4. The van der Waals surface area contributed by atoms with Crippen LogP contribution in [0, 0.1) is 27.7 Å². The maximum atomic E-state index is 7.96. The molecule has 0 saturated heterocycles. The molecule has 0 fully saturated rings. The van der Waals surface area contributed by atoms with Crippen LogP contribution in [0.15, 0.2) is 303 Å². The summed E-state index contributed by atoms with van der Waals surface area (Å²) in [5, 5.41) is 4.16. The van der Waals surface area contributed by atoms with E-state index in [1.54, 1.807) is 0 Å². The third-order valence-electron chi connectivity index (χ3n) is 18.1. The topological polar surface area (TPSA) is 73.8 Å². The molecular weight excluding hydrogens is 1300 g/mol. The van der Waals surface area contributed by atoms with Gasteiger partial charge in [-0.25, -0.2) is 0 Å². The van der Waals surface area contributed by atoms with Crippen LogP contribution in [0.3, 0.4) is 0 Å². The highest BCUT2D eigenvalue weighted by atomic mass is 28.2. The third kappa shape index (κ3) is 19.8. The first-order valence-corrected chi connectivity index (χ1v) is 41.2. The van der Waals surface area contributed by atoms with Crippen molar-refractivity contribution in [3.63, 3.8) is 0 Å². The Labute approximate surface area is 601 Å². The molecule has 0 spiro atoms. The summed E-state index contributed by atoms with van der Waals surface area (Å²) in [5.74, 6) is 8.41. The predicted octanol–water partition coefficient (Wildman–Crippen LogP) is 17.2. The van der Waals surface area contributed by atoms with Gasteiger partial charge in [-0.2, -0.15) is 0 Å². The van der Waals surface area contributed by atoms with E-state index in [-0.39, 0.29) is 12.2 Å². The van der Waals surface area contributed by atoms with Crippen LogP contribution in [-0.2, 0) is 19.9 Å². The van der Waals surface area contributed by atoms with Gasteiger partial charge in [0.25, 0.3) is 0 Å². The Morgan fingerprint density at radius 2 is 0.630 bits per heavy atom. The molecule has 0 saturated carbocycles. The van der Waals surface area contributed by atoms with Crippen molar-refractivity contribution in [1.29, 1.82) is 0 Å². The number of para-hydroxylation sites is 4. The van der Waals surface area contributed by atoms with Gasteiger partial charge in [-0.3, -0.25) is 0 Å². The van der Waals surface area contributed by atoms with Crippen molar-refractivity contribution in [2.75, 3.05) is 13.2 Å². The van der Waals surface area contributed by atoms with Crippen LogP contribution >= 0.6 is 0 Å². The highest BCUT2D eigenvalue weighted by Crippen LogP contribution is 2.44. The second-order valence-electron chi connectivity index (χ2n) is 25.8. The summed E-state index contributed by atoms with van der Waals surface area (Å²) in [4.78, 5) is 0. The molecule has 8 nitrogen and oxygen atoms in total. The van der Waals surface area contributed by atoms with E-state index in [9.17, 15) is 0 Å². The van der Waals surface area contributed by atoms with E-state index in [0.717, 1.165) is 114 Å². The Bertz CT molecular complexity index is 4190. The fraction of sp³-hybridized carbons (Fsp3) is 0.182. The number of benzene rings is 12. The van der Waals surface area contributed by atoms with Crippen molar-refractivity contribution in [1.82, 2.24) is 0 Å². The van der Waals surface area contributed by atoms with Gasteiger partial charge in [-0.15, -0.1) is 0 Å². The number of rotatable bonds is 30. The van der Waals surface area contributed by atoms with Crippen molar-refractivity contribution < 1.29 is 37.9 Å². The molecule has 0 bridgehead atoms. The number of aryl methyl sites for hydroxylation is 2. The van der Waals surface area contributed by atoms with E-state index in [1.807, 2.05) is 147 Å². The van der Waals surface area contributed by atoms with E-state index in [1.165, 1.54) is 20.7 Å². The molecule has 12 heteroatoms. The third-order valence-corrected chi connectivity index (χ3v) is 26.0. The van der Waals surface area contributed by atoms with Crippen molar-refractivity contribution in [2.24, 2.45) is 0 Å². The number of ether oxygens (including phenoxy) is 8. The Morgan fingerprint density at radius 1 is 0.310 bits per heavy atom. The van der Waals surface area contributed by atoms with Crippen LogP contribution in [0.25, 0.3) is 0 Å². The van der Waals surface area contributed by atoms with Crippen LogP contribution in [0.1, 0.15) is 84.4 Å². The lowest BCUT2D eigenvalue weighted by molar-refractivity contribution is -0.0591.